The number of hydrogen-bond acceptors (Lipinski definition) is 7. The van der Waals surface area contributed by atoms with E-state index in [1.54, 1.807) is 25.3 Å². The number of rotatable bonds is 10. The van der Waals surface area contributed by atoms with Gasteiger partial charge in [-0.15, -0.1) is 18.3 Å². The number of nitrogens with one attached hydrogen (secondary N) is 1. The molecule has 0 saturated carbocycles. The minimum atomic E-state index is -4.79. The predicted octanol–water partition coefficient (Wildman–Crippen LogP) is 2.87. The predicted molar refractivity (Wildman–Crippen MR) is 109 cm³/mol. The highest BCUT2D eigenvalue weighted by molar-refractivity contribution is 5.91. The summed E-state index contributed by atoms with van der Waals surface area (Å²) in [4.78, 5) is 12.1. The fourth-order valence-electron chi connectivity index (χ4n) is 2.71. The van der Waals surface area contributed by atoms with Gasteiger partial charge in [-0.1, -0.05) is 12.1 Å². The Labute approximate surface area is 178 Å². The number of aromatic nitrogens is 2. The second-order valence-electron chi connectivity index (χ2n) is 6.90. The van der Waals surface area contributed by atoms with Gasteiger partial charge in [0.2, 0.25) is 5.91 Å². The van der Waals surface area contributed by atoms with Crippen LogP contribution in [-0.4, -0.2) is 34.0 Å². The van der Waals surface area contributed by atoms with Crippen LogP contribution in [0, 0.1) is 0 Å². The third-order valence-corrected chi connectivity index (χ3v) is 3.95. The summed E-state index contributed by atoms with van der Waals surface area (Å²) in [7, 11) is 0. The first-order valence-corrected chi connectivity index (χ1v) is 9.53. The van der Waals surface area contributed by atoms with Gasteiger partial charge in [-0.2, -0.15) is 5.10 Å². The number of aryl methyl sites for hydroxylation is 1. The van der Waals surface area contributed by atoms with Crippen molar-refractivity contribution in [2.24, 2.45) is 11.6 Å². The first-order valence-electron chi connectivity index (χ1n) is 9.53. The van der Waals surface area contributed by atoms with Crippen LogP contribution >= 0.6 is 0 Å². The molecule has 2 aromatic rings. The number of carbonyl (C=O) groups excluding carboxylic acids is 1. The summed E-state index contributed by atoms with van der Waals surface area (Å²) >= 11 is 0. The highest BCUT2D eigenvalue weighted by Gasteiger charge is 2.31. The van der Waals surface area contributed by atoms with Gasteiger partial charge < -0.3 is 20.8 Å². The molecule has 168 valence electrons. The molecule has 1 aromatic carbocycles. The van der Waals surface area contributed by atoms with Crippen molar-refractivity contribution in [2.45, 2.75) is 39.0 Å². The smallest absolute Gasteiger partial charge is 0.406 e. The second kappa shape index (κ2) is 11.2. The molecule has 31 heavy (non-hydrogen) atoms. The third kappa shape index (κ3) is 9.81. The molecule has 0 aliphatic rings. The molecule has 0 radical (unpaired) electrons. The van der Waals surface area contributed by atoms with Crippen LogP contribution in [0.3, 0.4) is 0 Å². The number of alkyl halides is 3. The summed E-state index contributed by atoms with van der Waals surface area (Å²) in [5, 5.41) is 12.1. The lowest BCUT2D eigenvalue weighted by molar-refractivity contribution is -0.274. The first kappa shape index (κ1) is 23.9. The molecule has 0 unspecified atom stereocenters. The van der Waals surface area contributed by atoms with Gasteiger partial charge in [-0.3, -0.25) is 4.79 Å². The van der Waals surface area contributed by atoms with Crippen molar-refractivity contribution in [3.05, 3.63) is 59.6 Å². The molecule has 0 saturated heterocycles. The van der Waals surface area contributed by atoms with Crippen LogP contribution in [0.5, 0.6) is 5.75 Å². The van der Waals surface area contributed by atoms with E-state index in [9.17, 15) is 18.0 Å². The molecule has 2 rings (SSSR count). The fraction of sp³-hybridized carbons (Fsp3) is 0.350. The highest BCUT2D eigenvalue weighted by atomic mass is 19.4. The van der Waals surface area contributed by atoms with Gasteiger partial charge in [0.15, 0.2) is 5.82 Å². The van der Waals surface area contributed by atoms with E-state index in [-0.39, 0.29) is 18.0 Å². The monoisotopic (exact) mass is 438 g/mol. The number of hydrazine groups is 1. The zero-order chi connectivity index (χ0) is 22.9. The summed E-state index contributed by atoms with van der Waals surface area (Å²) in [5.74, 6) is 5.21. The number of anilines is 1. The number of benzene rings is 1. The van der Waals surface area contributed by atoms with Gasteiger partial charge >= 0.3 is 6.36 Å². The maximum absolute atomic E-state index is 12.3. The van der Waals surface area contributed by atoms with Gasteiger partial charge in [-0.05, 0) is 56.0 Å². The van der Waals surface area contributed by atoms with Crippen molar-refractivity contribution < 1.29 is 22.7 Å². The van der Waals surface area contributed by atoms with Crippen LogP contribution in [0.1, 0.15) is 31.0 Å². The number of amides is 1. The van der Waals surface area contributed by atoms with E-state index in [1.807, 2.05) is 0 Å². The zero-order valence-electron chi connectivity index (χ0n) is 17.0. The molecule has 0 bridgehead atoms. The summed E-state index contributed by atoms with van der Waals surface area (Å²) < 4.78 is 40.8. The lowest BCUT2D eigenvalue weighted by Gasteiger charge is -2.13. The van der Waals surface area contributed by atoms with Crippen LogP contribution in [0.15, 0.2) is 48.3 Å². The van der Waals surface area contributed by atoms with E-state index >= 15 is 0 Å². The quantitative estimate of drug-likeness (QED) is 0.296. The normalized spacial score (nSPS) is 11.8. The minimum absolute atomic E-state index is 0.134. The number of hydrogen-bond donors (Lipinski definition) is 3. The van der Waals surface area contributed by atoms with Gasteiger partial charge in [0.25, 0.3) is 0 Å². The summed E-state index contributed by atoms with van der Waals surface area (Å²) in [5.41, 5.74) is 7.33. The number of carbonyl (C=O) groups is 1. The Hall–Kier alpha value is -3.34. The maximum Gasteiger partial charge on any atom is 0.573 e. The van der Waals surface area contributed by atoms with Gasteiger partial charge in [0.05, 0.1) is 12.1 Å². The number of ether oxygens (including phenoxy) is 1. The Bertz CT molecular complexity index is 883. The Balaban J connectivity index is 1.79. The van der Waals surface area contributed by atoms with E-state index in [4.69, 9.17) is 11.6 Å². The lowest BCUT2D eigenvalue weighted by atomic mass is 10.1. The van der Waals surface area contributed by atoms with Crippen molar-refractivity contribution in [2.75, 3.05) is 11.9 Å². The van der Waals surface area contributed by atoms with E-state index in [1.165, 1.54) is 23.2 Å². The van der Waals surface area contributed by atoms with E-state index in [0.29, 0.717) is 24.2 Å². The first-order chi connectivity index (χ1) is 14.6. The summed E-state index contributed by atoms with van der Waals surface area (Å²) in [6.45, 7) is 2.42. The number of nitrogens with two attached hydrogens (primary N) is 2. The largest absolute Gasteiger partial charge is 0.573 e. The van der Waals surface area contributed by atoms with Crippen molar-refractivity contribution in [3.63, 3.8) is 0 Å². The molecule has 1 aromatic heterocycles. The number of allylic oxidation sites excluding steroid dienone is 1. The standard InChI is InChI=1S/C20H25F3N6O2/c1-14(24)13-29(25)10-3-2-6-16-8-9-18(28-27-16)26-19(30)12-15-5-4-7-17(11-15)31-20(21,22)23/h4-5,7-9,11,13H,2-3,6,10,12,24-25H2,1H3,(H,26,28,30)/b14-13-. The molecular formula is C20H25F3N6O2. The topological polar surface area (TPSA) is 119 Å². The van der Waals surface area contributed by atoms with E-state index < -0.39 is 12.3 Å². The maximum atomic E-state index is 12.3. The second-order valence-corrected chi connectivity index (χ2v) is 6.90. The number of unbranched alkanes of at least 4 members (excludes halogenated alkanes) is 1. The Kier molecular flexibility index (Phi) is 8.62. The average molecular weight is 438 g/mol. The molecule has 8 nitrogen and oxygen atoms in total. The van der Waals surface area contributed by atoms with Crippen LogP contribution in [0.4, 0.5) is 19.0 Å². The molecule has 11 heteroatoms. The van der Waals surface area contributed by atoms with Crippen molar-refractivity contribution in [3.8, 4) is 5.75 Å². The molecular weight excluding hydrogens is 413 g/mol. The number of nitrogens with zero attached hydrogens (tertiary/aromatic N) is 3. The van der Waals surface area contributed by atoms with Crippen LogP contribution in [-0.2, 0) is 17.6 Å². The van der Waals surface area contributed by atoms with Crippen molar-refractivity contribution in [1.29, 1.82) is 0 Å². The molecule has 5 N–H and O–H groups in total. The van der Waals surface area contributed by atoms with Gasteiger partial charge in [0.1, 0.15) is 5.75 Å². The van der Waals surface area contributed by atoms with E-state index in [2.05, 4.69) is 20.3 Å². The van der Waals surface area contributed by atoms with Crippen molar-refractivity contribution >= 4 is 11.7 Å². The Morgan fingerprint density at radius 2 is 2.00 bits per heavy atom. The van der Waals surface area contributed by atoms with E-state index in [0.717, 1.165) is 24.6 Å². The number of halogens is 3. The third-order valence-electron chi connectivity index (χ3n) is 3.95. The minimum Gasteiger partial charge on any atom is -0.406 e. The van der Waals surface area contributed by atoms with Crippen molar-refractivity contribution in [1.82, 2.24) is 15.2 Å². The fourth-order valence-corrected chi connectivity index (χ4v) is 2.71. The van der Waals surface area contributed by atoms with Crippen LogP contribution in [0.25, 0.3) is 0 Å². The Morgan fingerprint density at radius 3 is 2.65 bits per heavy atom. The molecule has 0 aliphatic heterocycles. The average Bonchev–Trinajstić information content (AvgIpc) is 2.65. The molecule has 0 atom stereocenters. The van der Waals surface area contributed by atoms with Gasteiger partial charge in [0, 0.05) is 18.4 Å². The molecule has 0 spiro atoms. The highest BCUT2D eigenvalue weighted by Crippen LogP contribution is 2.23. The van der Waals surface area contributed by atoms with Crippen LogP contribution in [0.2, 0.25) is 0 Å². The molecule has 1 heterocycles. The summed E-state index contributed by atoms with van der Waals surface area (Å²) in [6.07, 6.45) is -0.865. The zero-order valence-corrected chi connectivity index (χ0v) is 17.0. The molecule has 0 aliphatic carbocycles. The SMILES string of the molecule is C/C(N)=C/N(N)CCCCc1ccc(NC(=O)Cc2cccc(OC(F)(F)F)c2)nn1. The molecule has 1 amide bonds. The Morgan fingerprint density at radius 1 is 1.23 bits per heavy atom. The van der Waals surface area contributed by atoms with Crippen LogP contribution < -0.4 is 21.6 Å². The lowest BCUT2D eigenvalue weighted by Crippen LogP contribution is -2.27. The van der Waals surface area contributed by atoms with Gasteiger partial charge in [-0.25, -0.2) is 5.84 Å². The summed E-state index contributed by atoms with van der Waals surface area (Å²) in [6, 6.07) is 8.62. The molecule has 0 fully saturated rings.